The number of likely N-dealkylation sites (N-methyl/N-ethyl adjacent to an activating group) is 1. The number of carbonyl (C=O) groups is 1. The smallest absolute Gasteiger partial charge is 0.251 e. The molecule has 3 unspecified atom stereocenters. The quantitative estimate of drug-likeness (QED) is 0.287. The lowest BCUT2D eigenvalue weighted by Crippen LogP contribution is -2.41. The van der Waals surface area contributed by atoms with Gasteiger partial charge < -0.3 is 25.6 Å². The number of nitrogens with zero attached hydrogens (tertiary/aromatic N) is 5. The number of fused-ring (bicyclic) bond motifs is 1. The van der Waals surface area contributed by atoms with E-state index < -0.39 is 30.4 Å². The molecule has 5 rings (SSSR count). The summed E-state index contributed by atoms with van der Waals surface area (Å²) in [6.45, 7) is 2.33. The molecule has 0 spiro atoms. The number of benzene rings is 1. The fourth-order valence-electron chi connectivity index (χ4n) is 4.16. The van der Waals surface area contributed by atoms with Gasteiger partial charge in [0.2, 0.25) is 0 Å². The Kier molecular flexibility index (Phi) is 6.97. The normalized spacial score (nSPS) is 21.4. The number of aromatic nitrogens is 5. The minimum Gasteiger partial charge on any atom is -0.387 e. The Bertz CT molecular complexity index is 1480. The molecule has 11 nitrogen and oxygen atoms in total. The van der Waals surface area contributed by atoms with E-state index in [1.807, 2.05) is 25.1 Å². The van der Waals surface area contributed by atoms with E-state index in [0.717, 1.165) is 11.1 Å². The molecule has 37 heavy (non-hydrogen) atoms. The Balaban J connectivity index is 1.59. The highest BCUT2D eigenvalue weighted by Gasteiger charge is 2.47. The summed E-state index contributed by atoms with van der Waals surface area (Å²) in [7, 11) is 1.42. The van der Waals surface area contributed by atoms with Crippen LogP contribution in [-0.4, -0.2) is 66.0 Å². The summed E-state index contributed by atoms with van der Waals surface area (Å²) in [6, 6.07) is 7.39. The molecule has 192 valence electrons. The van der Waals surface area contributed by atoms with E-state index in [0.29, 0.717) is 39.1 Å². The first-order chi connectivity index (χ1) is 17.8. The Morgan fingerprint density at radius 1 is 1.16 bits per heavy atom. The average molecular weight is 544 g/mol. The van der Waals surface area contributed by atoms with Crippen LogP contribution in [0.15, 0.2) is 43.0 Å². The number of ether oxygens (including phenoxy) is 1. The number of nitrogens with one attached hydrogen (secondary N) is 2. The van der Waals surface area contributed by atoms with E-state index in [1.54, 1.807) is 12.3 Å². The number of aryl methyl sites for hydroxylation is 1. The zero-order valence-corrected chi connectivity index (χ0v) is 21.3. The van der Waals surface area contributed by atoms with Crippen LogP contribution >= 0.6 is 23.2 Å². The van der Waals surface area contributed by atoms with Gasteiger partial charge in [0.25, 0.3) is 5.91 Å². The van der Waals surface area contributed by atoms with Crippen molar-refractivity contribution in [2.45, 2.75) is 38.0 Å². The molecule has 0 aliphatic carbocycles. The van der Waals surface area contributed by atoms with Crippen LogP contribution in [0.25, 0.3) is 22.6 Å². The molecular weight excluding hydrogens is 521 g/mol. The topological polar surface area (TPSA) is 147 Å². The van der Waals surface area contributed by atoms with Gasteiger partial charge in [-0.1, -0.05) is 40.9 Å². The van der Waals surface area contributed by atoms with Crippen molar-refractivity contribution in [3.05, 3.63) is 64.2 Å². The fraction of sp³-hybridized carbons (Fsp3) is 0.292. The van der Waals surface area contributed by atoms with Gasteiger partial charge in [-0.05, 0) is 24.6 Å². The molecule has 1 aliphatic rings. The molecule has 4 heterocycles. The third-order valence-electron chi connectivity index (χ3n) is 6.05. The van der Waals surface area contributed by atoms with E-state index in [9.17, 15) is 15.0 Å². The van der Waals surface area contributed by atoms with Crippen molar-refractivity contribution in [1.29, 1.82) is 0 Å². The number of halogens is 2. The predicted molar refractivity (Wildman–Crippen MR) is 137 cm³/mol. The van der Waals surface area contributed by atoms with Crippen molar-refractivity contribution < 1.29 is 19.7 Å². The Labute approximate surface area is 221 Å². The molecule has 0 radical (unpaired) electrons. The number of hydrogen-bond donors (Lipinski definition) is 4. The highest BCUT2D eigenvalue weighted by atomic mass is 35.5. The summed E-state index contributed by atoms with van der Waals surface area (Å²) in [4.78, 5) is 30.0. The summed E-state index contributed by atoms with van der Waals surface area (Å²) in [5.74, 6) is 0.126. The SMILES string of the molecule is CNC(=O)[C@@H]1OC(n2cnc3c(NCc4cc(C)ccc4Cl)nc(-c4cncc(Cl)c4)nc32)C(O)C1O. The maximum Gasteiger partial charge on any atom is 0.251 e. The molecule has 4 aromatic rings. The lowest BCUT2D eigenvalue weighted by molar-refractivity contribution is -0.137. The molecule has 4 atom stereocenters. The summed E-state index contributed by atoms with van der Waals surface area (Å²) in [6.07, 6.45) is -0.757. The van der Waals surface area contributed by atoms with Gasteiger partial charge in [0.1, 0.15) is 12.2 Å². The molecule has 1 aliphatic heterocycles. The zero-order valence-electron chi connectivity index (χ0n) is 19.8. The van der Waals surface area contributed by atoms with Crippen LogP contribution in [0, 0.1) is 6.92 Å². The molecule has 1 amide bonds. The lowest BCUT2D eigenvalue weighted by Gasteiger charge is -2.17. The Morgan fingerprint density at radius 3 is 2.73 bits per heavy atom. The van der Waals surface area contributed by atoms with E-state index >= 15 is 0 Å². The number of carbonyl (C=O) groups excluding carboxylic acids is 1. The first-order valence-electron chi connectivity index (χ1n) is 11.3. The van der Waals surface area contributed by atoms with E-state index in [1.165, 1.54) is 24.1 Å². The van der Waals surface area contributed by atoms with E-state index in [4.69, 9.17) is 27.9 Å². The number of rotatable bonds is 6. The summed E-state index contributed by atoms with van der Waals surface area (Å²) < 4.78 is 7.19. The molecule has 0 saturated carbocycles. The molecular formula is C24H23Cl2N7O4. The monoisotopic (exact) mass is 543 g/mol. The standard InChI is InChI=1S/C24H23Cl2N7O4/c1-11-3-4-15(26)12(5-11)8-29-21-16-22(32-20(31-21)13-6-14(25)9-28-7-13)33(10-30-16)24-18(35)17(34)19(37-24)23(36)27-2/h3-7,9-10,17-19,24,34-35H,8H2,1-2H3,(H,27,36)(H,29,31,32)/t17?,18?,19-,24?/m1/s1. The summed E-state index contributed by atoms with van der Waals surface area (Å²) in [5.41, 5.74) is 3.16. The predicted octanol–water partition coefficient (Wildman–Crippen LogP) is 2.48. The van der Waals surface area contributed by atoms with Crippen LogP contribution in [-0.2, 0) is 16.1 Å². The second kappa shape index (κ2) is 10.2. The largest absolute Gasteiger partial charge is 0.387 e. The second-order valence-electron chi connectivity index (χ2n) is 8.60. The summed E-state index contributed by atoms with van der Waals surface area (Å²) >= 11 is 12.5. The minimum absolute atomic E-state index is 0.290. The van der Waals surface area contributed by atoms with Crippen molar-refractivity contribution in [2.24, 2.45) is 0 Å². The van der Waals surface area contributed by atoms with E-state index in [2.05, 4.69) is 30.6 Å². The third kappa shape index (κ3) is 4.83. The van der Waals surface area contributed by atoms with Crippen molar-refractivity contribution in [2.75, 3.05) is 12.4 Å². The fourth-order valence-corrected chi connectivity index (χ4v) is 4.51. The van der Waals surface area contributed by atoms with Gasteiger partial charge in [-0.3, -0.25) is 14.3 Å². The van der Waals surface area contributed by atoms with Crippen molar-refractivity contribution in [1.82, 2.24) is 29.8 Å². The Morgan fingerprint density at radius 2 is 1.97 bits per heavy atom. The molecule has 13 heteroatoms. The maximum absolute atomic E-state index is 12.1. The van der Waals surface area contributed by atoms with Crippen molar-refractivity contribution >= 4 is 46.1 Å². The second-order valence-corrected chi connectivity index (χ2v) is 9.45. The van der Waals surface area contributed by atoms with Crippen LogP contribution in [0.2, 0.25) is 10.0 Å². The van der Waals surface area contributed by atoms with E-state index in [-0.39, 0.29) is 5.82 Å². The highest BCUT2D eigenvalue weighted by molar-refractivity contribution is 6.31. The van der Waals surface area contributed by atoms with Gasteiger partial charge in [-0.2, -0.15) is 0 Å². The first kappa shape index (κ1) is 25.3. The maximum atomic E-state index is 12.1. The average Bonchev–Trinajstić information content (AvgIpc) is 3.44. The number of aliphatic hydroxyl groups is 2. The van der Waals surface area contributed by atoms with Crippen LogP contribution in [0.4, 0.5) is 5.82 Å². The zero-order chi connectivity index (χ0) is 26.3. The number of amides is 1. The minimum atomic E-state index is -1.44. The highest BCUT2D eigenvalue weighted by Crippen LogP contribution is 2.34. The number of imidazole rings is 1. The molecule has 1 saturated heterocycles. The number of anilines is 1. The van der Waals surface area contributed by atoms with Crippen LogP contribution in [0.5, 0.6) is 0 Å². The van der Waals surface area contributed by atoms with Gasteiger partial charge in [0, 0.05) is 36.6 Å². The van der Waals surface area contributed by atoms with Gasteiger partial charge in [0.15, 0.2) is 35.1 Å². The number of aliphatic hydroxyl groups excluding tert-OH is 2. The molecule has 1 fully saturated rings. The van der Waals surface area contributed by atoms with Crippen LogP contribution < -0.4 is 10.6 Å². The van der Waals surface area contributed by atoms with Crippen LogP contribution in [0.1, 0.15) is 17.4 Å². The molecule has 0 bridgehead atoms. The molecule has 4 N–H and O–H groups in total. The van der Waals surface area contributed by atoms with Crippen molar-refractivity contribution in [3.8, 4) is 11.4 Å². The number of hydrogen-bond acceptors (Lipinski definition) is 9. The van der Waals surface area contributed by atoms with Crippen molar-refractivity contribution in [3.63, 3.8) is 0 Å². The third-order valence-corrected chi connectivity index (χ3v) is 6.62. The first-order valence-corrected chi connectivity index (χ1v) is 12.1. The van der Waals surface area contributed by atoms with Gasteiger partial charge >= 0.3 is 0 Å². The summed E-state index contributed by atoms with van der Waals surface area (Å²) in [5, 5.41) is 27.8. The number of pyridine rings is 1. The molecule has 1 aromatic carbocycles. The Hall–Kier alpha value is -3.35. The van der Waals surface area contributed by atoms with Gasteiger partial charge in [-0.25, -0.2) is 15.0 Å². The lowest BCUT2D eigenvalue weighted by atomic mass is 10.1. The van der Waals surface area contributed by atoms with Gasteiger partial charge in [-0.15, -0.1) is 0 Å². The molecule has 3 aromatic heterocycles. The van der Waals surface area contributed by atoms with Gasteiger partial charge in [0.05, 0.1) is 11.3 Å². The van der Waals surface area contributed by atoms with Crippen LogP contribution in [0.3, 0.4) is 0 Å².